The Bertz CT molecular complexity index is 780. The quantitative estimate of drug-likeness (QED) is 0.845. The third kappa shape index (κ3) is 5.29. The second kappa shape index (κ2) is 8.08. The molecule has 1 aromatic carbocycles. The van der Waals surface area contributed by atoms with Crippen molar-refractivity contribution < 1.29 is 9.32 Å². The van der Waals surface area contributed by atoms with Gasteiger partial charge in [0.2, 0.25) is 11.7 Å². The molecule has 1 aliphatic heterocycles. The highest BCUT2D eigenvalue weighted by Crippen LogP contribution is 2.18. The van der Waals surface area contributed by atoms with Crippen LogP contribution >= 0.6 is 0 Å². The lowest BCUT2D eigenvalue weighted by atomic mass is 10.1. The second-order valence-electron chi connectivity index (χ2n) is 8.03. The summed E-state index contributed by atoms with van der Waals surface area (Å²) in [5.41, 5.74) is 1.75. The summed E-state index contributed by atoms with van der Waals surface area (Å²) >= 11 is 0. The number of amides is 2. The first-order chi connectivity index (χ1) is 12.8. The number of likely N-dealkylation sites (tertiary alicyclic amines) is 1. The average molecular weight is 371 g/mol. The van der Waals surface area contributed by atoms with Gasteiger partial charge in [-0.15, -0.1) is 0 Å². The minimum atomic E-state index is -0.294. The fourth-order valence-corrected chi connectivity index (χ4v) is 3.42. The lowest BCUT2D eigenvalue weighted by Gasteiger charge is -2.32. The second-order valence-corrected chi connectivity index (χ2v) is 8.03. The Morgan fingerprint density at radius 1 is 1.33 bits per heavy atom. The minimum Gasteiger partial charge on any atom is -0.337 e. The maximum Gasteiger partial charge on any atom is 0.318 e. The summed E-state index contributed by atoms with van der Waals surface area (Å²) < 4.78 is 5.33. The lowest BCUT2D eigenvalue weighted by molar-refractivity contribution is 0.176. The number of aryl methyl sites for hydroxylation is 1. The summed E-state index contributed by atoms with van der Waals surface area (Å²) in [6.45, 7) is 9.47. The molecule has 1 N–H and O–H groups in total. The topological polar surface area (TPSA) is 74.5 Å². The molecule has 2 heterocycles. The summed E-state index contributed by atoms with van der Waals surface area (Å²) in [6.07, 6.45) is 2.48. The van der Waals surface area contributed by atoms with E-state index >= 15 is 0 Å². The van der Waals surface area contributed by atoms with Gasteiger partial charge in [-0.25, -0.2) is 4.79 Å². The Morgan fingerprint density at radius 2 is 2.07 bits per heavy atom. The molecule has 0 bridgehead atoms. The molecule has 0 unspecified atom stereocenters. The molecule has 2 aromatic rings. The van der Waals surface area contributed by atoms with Crippen molar-refractivity contribution in [2.45, 2.75) is 45.7 Å². The SMILES string of the molecule is Cc1cccc(-c2noc(CN(C)C(=O)NC(C)(C)CN3CCCC3)n2)c1. The highest BCUT2D eigenvalue weighted by molar-refractivity contribution is 5.74. The molecule has 7 nitrogen and oxygen atoms in total. The van der Waals surface area contributed by atoms with Gasteiger partial charge in [0.1, 0.15) is 6.54 Å². The van der Waals surface area contributed by atoms with Gasteiger partial charge in [-0.3, -0.25) is 0 Å². The molecule has 0 atom stereocenters. The molecule has 1 aromatic heterocycles. The molecule has 1 aliphatic rings. The number of hydrogen-bond donors (Lipinski definition) is 1. The highest BCUT2D eigenvalue weighted by atomic mass is 16.5. The molecule has 0 spiro atoms. The Morgan fingerprint density at radius 3 is 2.78 bits per heavy atom. The summed E-state index contributed by atoms with van der Waals surface area (Å²) in [6, 6.07) is 7.79. The zero-order valence-electron chi connectivity index (χ0n) is 16.7. The fraction of sp³-hybridized carbons (Fsp3) is 0.550. The Balaban J connectivity index is 1.56. The number of aromatic nitrogens is 2. The zero-order chi connectivity index (χ0) is 19.4. The number of carbonyl (C=O) groups is 1. The predicted molar refractivity (Wildman–Crippen MR) is 104 cm³/mol. The first-order valence-electron chi connectivity index (χ1n) is 9.48. The molecule has 0 aliphatic carbocycles. The Labute approximate surface area is 160 Å². The number of nitrogens with one attached hydrogen (secondary N) is 1. The van der Waals surface area contributed by atoms with E-state index in [-0.39, 0.29) is 18.1 Å². The van der Waals surface area contributed by atoms with Crippen molar-refractivity contribution in [1.82, 2.24) is 25.3 Å². The summed E-state index contributed by atoms with van der Waals surface area (Å²) in [5.74, 6) is 0.957. The monoisotopic (exact) mass is 371 g/mol. The molecule has 1 saturated heterocycles. The van der Waals surface area contributed by atoms with Crippen molar-refractivity contribution in [3.8, 4) is 11.4 Å². The fourth-order valence-electron chi connectivity index (χ4n) is 3.42. The predicted octanol–water partition coefficient (Wildman–Crippen LogP) is 3.06. The molecule has 0 saturated carbocycles. The van der Waals surface area contributed by atoms with Gasteiger partial charge < -0.3 is 19.6 Å². The van der Waals surface area contributed by atoms with Crippen LogP contribution in [0.15, 0.2) is 28.8 Å². The van der Waals surface area contributed by atoms with Crippen LogP contribution in [0.4, 0.5) is 4.79 Å². The highest BCUT2D eigenvalue weighted by Gasteiger charge is 2.27. The van der Waals surface area contributed by atoms with Crippen LogP contribution in [-0.4, -0.2) is 58.2 Å². The normalized spacial score (nSPS) is 15.1. The van der Waals surface area contributed by atoms with E-state index in [4.69, 9.17) is 4.52 Å². The number of carbonyl (C=O) groups excluding carboxylic acids is 1. The van der Waals surface area contributed by atoms with Crippen molar-refractivity contribution in [2.75, 3.05) is 26.7 Å². The minimum absolute atomic E-state index is 0.144. The molecular formula is C20H29N5O2. The summed E-state index contributed by atoms with van der Waals surface area (Å²) in [7, 11) is 1.73. The molecule has 146 valence electrons. The van der Waals surface area contributed by atoms with Crippen LogP contribution < -0.4 is 5.32 Å². The van der Waals surface area contributed by atoms with Crippen molar-refractivity contribution in [3.63, 3.8) is 0 Å². The van der Waals surface area contributed by atoms with Crippen LogP contribution in [-0.2, 0) is 6.54 Å². The molecule has 0 radical (unpaired) electrons. The van der Waals surface area contributed by atoms with Gasteiger partial charge >= 0.3 is 6.03 Å². The number of benzene rings is 1. The van der Waals surface area contributed by atoms with E-state index < -0.39 is 0 Å². The van der Waals surface area contributed by atoms with E-state index in [2.05, 4.69) is 34.2 Å². The summed E-state index contributed by atoms with van der Waals surface area (Å²) in [4.78, 5) is 20.9. The number of urea groups is 1. The largest absolute Gasteiger partial charge is 0.337 e. The third-order valence-electron chi connectivity index (χ3n) is 4.73. The van der Waals surface area contributed by atoms with Gasteiger partial charge in [0.25, 0.3) is 0 Å². The number of nitrogens with zero attached hydrogens (tertiary/aromatic N) is 4. The van der Waals surface area contributed by atoms with E-state index in [0.717, 1.165) is 30.8 Å². The first kappa shape index (κ1) is 19.4. The first-order valence-corrected chi connectivity index (χ1v) is 9.48. The standard InChI is InChI=1S/C20H29N5O2/c1-15-8-7-9-16(12-15)18-21-17(27-23-18)13-24(4)19(26)22-20(2,3)14-25-10-5-6-11-25/h7-9,12H,5-6,10-11,13-14H2,1-4H3,(H,22,26). The van der Waals surface area contributed by atoms with E-state index in [1.54, 1.807) is 11.9 Å². The van der Waals surface area contributed by atoms with Crippen LogP contribution in [0.2, 0.25) is 0 Å². The van der Waals surface area contributed by atoms with Crippen LogP contribution in [0.5, 0.6) is 0 Å². The van der Waals surface area contributed by atoms with Gasteiger partial charge in [0.05, 0.1) is 0 Å². The van der Waals surface area contributed by atoms with E-state index in [0.29, 0.717) is 11.7 Å². The van der Waals surface area contributed by atoms with Crippen LogP contribution in [0.3, 0.4) is 0 Å². The van der Waals surface area contributed by atoms with Crippen molar-refractivity contribution in [2.24, 2.45) is 0 Å². The van der Waals surface area contributed by atoms with Crippen LogP contribution in [0, 0.1) is 6.92 Å². The molecule has 27 heavy (non-hydrogen) atoms. The van der Waals surface area contributed by atoms with Crippen molar-refractivity contribution in [3.05, 3.63) is 35.7 Å². The van der Waals surface area contributed by atoms with E-state index in [9.17, 15) is 4.79 Å². The van der Waals surface area contributed by atoms with Crippen LogP contribution in [0.25, 0.3) is 11.4 Å². The zero-order valence-corrected chi connectivity index (χ0v) is 16.7. The van der Waals surface area contributed by atoms with Crippen molar-refractivity contribution in [1.29, 1.82) is 0 Å². The average Bonchev–Trinajstić information content (AvgIpc) is 3.26. The van der Waals surface area contributed by atoms with Gasteiger partial charge in [0, 0.05) is 24.7 Å². The maximum atomic E-state index is 12.6. The number of hydrogen-bond acceptors (Lipinski definition) is 5. The van der Waals surface area contributed by atoms with Gasteiger partial charge in [-0.05, 0) is 52.8 Å². The molecule has 7 heteroatoms. The smallest absolute Gasteiger partial charge is 0.318 e. The molecule has 1 fully saturated rings. The Kier molecular flexibility index (Phi) is 5.79. The van der Waals surface area contributed by atoms with E-state index in [1.165, 1.54) is 12.8 Å². The van der Waals surface area contributed by atoms with Gasteiger partial charge in [0.15, 0.2) is 0 Å². The van der Waals surface area contributed by atoms with Crippen molar-refractivity contribution >= 4 is 6.03 Å². The van der Waals surface area contributed by atoms with E-state index in [1.807, 2.05) is 31.2 Å². The third-order valence-corrected chi connectivity index (χ3v) is 4.73. The lowest BCUT2D eigenvalue weighted by Crippen LogP contribution is -2.54. The molecular weight excluding hydrogens is 342 g/mol. The molecule has 3 rings (SSSR count). The Hall–Kier alpha value is -2.41. The molecule has 2 amide bonds. The number of rotatable bonds is 6. The van der Waals surface area contributed by atoms with Gasteiger partial charge in [-0.1, -0.05) is 28.9 Å². The van der Waals surface area contributed by atoms with Crippen LogP contribution in [0.1, 0.15) is 38.1 Å². The summed E-state index contributed by atoms with van der Waals surface area (Å²) in [5, 5.41) is 7.14. The van der Waals surface area contributed by atoms with Gasteiger partial charge in [-0.2, -0.15) is 4.98 Å². The maximum absolute atomic E-state index is 12.6.